The lowest BCUT2D eigenvalue weighted by molar-refractivity contribution is -0.180. The van der Waals surface area contributed by atoms with Crippen molar-refractivity contribution in [1.29, 1.82) is 5.53 Å². The van der Waals surface area contributed by atoms with Crippen LogP contribution < -0.4 is 10.6 Å². The molecule has 0 radical (unpaired) electrons. The van der Waals surface area contributed by atoms with Crippen LogP contribution in [0.25, 0.3) is 0 Å². The molecule has 0 spiro atoms. The van der Waals surface area contributed by atoms with E-state index in [0.29, 0.717) is 0 Å². The van der Waals surface area contributed by atoms with Crippen molar-refractivity contribution >= 4 is 29.1 Å². The zero-order valence-corrected chi connectivity index (χ0v) is 21.5. The first kappa shape index (κ1) is 27.6. The van der Waals surface area contributed by atoms with Crippen molar-refractivity contribution in [3.8, 4) is 5.75 Å². The quantitative estimate of drug-likeness (QED) is 0.132. The highest BCUT2D eigenvalue weighted by atomic mass is 16.5. The minimum Gasteiger partial charge on any atom is -0.510 e. The van der Waals surface area contributed by atoms with Crippen LogP contribution in [-0.4, -0.2) is 80.6 Å². The number of Topliss-reactive ketones (excluding diaryl/α,β-unsaturated/α-hetero) is 2. The zero-order valence-electron chi connectivity index (χ0n) is 21.5. The molecule has 0 aromatic heterocycles. The average Bonchev–Trinajstić information content (AvgIpc) is 2.86. The van der Waals surface area contributed by atoms with Crippen molar-refractivity contribution < 1.29 is 44.3 Å². The number of aliphatic hydroxyl groups excluding tert-OH is 2. The number of nitrogens with two attached hydrogens (primary N) is 1. The van der Waals surface area contributed by atoms with Gasteiger partial charge < -0.3 is 30.9 Å². The number of carbonyl (C=O) groups excluding carboxylic acids is 4. The molecule has 1 aromatic rings. The smallest absolute Gasteiger partial charge is 0.305 e. The third kappa shape index (κ3) is 3.67. The lowest BCUT2D eigenvalue weighted by Gasteiger charge is -2.54. The van der Waals surface area contributed by atoms with Gasteiger partial charge in [-0.1, -0.05) is 19.9 Å². The molecule has 4 rings (SSSR count). The van der Waals surface area contributed by atoms with Gasteiger partial charge in [0.25, 0.3) is 5.91 Å². The average molecular weight is 543 g/mol. The molecule has 0 heterocycles. The van der Waals surface area contributed by atoms with Gasteiger partial charge in [0.2, 0.25) is 10.7 Å². The molecule has 14 heteroatoms. The van der Waals surface area contributed by atoms with E-state index in [2.05, 4.69) is 10.0 Å². The Bertz CT molecular complexity index is 1440. The fourth-order valence-corrected chi connectivity index (χ4v) is 6.09. The van der Waals surface area contributed by atoms with Crippen LogP contribution in [0, 0.1) is 17.4 Å². The SMILES string of the molecule is CCC(=O)O[C@H]1[C@H]2C(=C(O)[C@]3(O)C(=O)C(C(N)=O)=C(O)[C@@H](N(C)C)[C@H]13)C(=O)c1c(ccc(N=[N+]=N)c1O)[C@@H]2C. The number of carbonyl (C=O) groups is 4. The summed E-state index contributed by atoms with van der Waals surface area (Å²) in [6.45, 7) is 3.14. The van der Waals surface area contributed by atoms with Gasteiger partial charge in [0.1, 0.15) is 28.7 Å². The number of ketones is 2. The van der Waals surface area contributed by atoms with E-state index < -0.39 is 87.4 Å². The molecule has 6 atom stereocenters. The normalized spacial score (nSPS) is 29.8. The number of hydrogen-bond donors (Lipinski definition) is 6. The summed E-state index contributed by atoms with van der Waals surface area (Å²) in [7, 11) is 2.94. The Labute approximate surface area is 221 Å². The van der Waals surface area contributed by atoms with Gasteiger partial charge in [-0.3, -0.25) is 24.1 Å². The molecule has 3 aliphatic rings. The van der Waals surface area contributed by atoms with Gasteiger partial charge >= 0.3 is 5.97 Å². The van der Waals surface area contributed by atoms with Crippen molar-refractivity contribution in [3.63, 3.8) is 0 Å². The van der Waals surface area contributed by atoms with Gasteiger partial charge in [0, 0.05) is 17.9 Å². The molecule has 0 saturated carbocycles. The minimum absolute atomic E-state index is 0.116. The number of aromatic hydroxyl groups is 1. The fraction of sp³-hybridized carbons (Fsp3) is 0.440. The first-order valence-corrected chi connectivity index (χ1v) is 12.0. The second kappa shape index (κ2) is 9.42. The maximum Gasteiger partial charge on any atom is 0.305 e. The Morgan fingerprint density at radius 3 is 2.41 bits per heavy atom. The van der Waals surface area contributed by atoms with Crippen LogP contribution in [0.4, 0.5) is 5.69 Å². The number of nitrogens with zero attached hydrogens (tertiary/aromatic N) is 3. The molecule has 0 bridgehead atoms. The number of nitrogens with one attached hydrogen (secondary N) is 1. The number of hydrogen-bond acceptors (Lipinski definition) is 12. The van der Waals surface area contributed by atoms with E-state index in [1.807, 2.05) is 0 Å². The van der Waals surface area contributed by atoms with Gasteiger partial charge in [-0.2, -0.15) is 0 Å². The predicted molar refractivity (Wildman–Crippen MR) is 131 cm³/mol. The van der Waals surface area contributed by atoms with Gasteiger partial charge in [-0.05, 0) is 31.6 Å². The number of fused-ring (bicyclic) bond motifs is 3. The summed E-state index contributed by atoms with van der Waals surface area (Å²) in [6, 6.07) is 1.44. The summed E-state index contributed by atoms with van der Waals surface area (Å²) >= 11 is 0. The Morgan fingerprint density at radius 1 is 1.23 bits per heavy atom. The molecule has 206 valence electrons. The summed E-state index contributed by atoms with van der Waals surface area (Å²) in [5, 5.41) is 48.7. The molecule has 0 saturated heterocycles. The van der Waals surface area contributed by atoms with Crippen molar-refractivity contribution in [2.45, 2.75) is 43.9 Å². The third-order valence-corrected chi connectivity index (χ3v) is 7.80. The highest BCUT2D eigenvalue weighted by Crippen LogP contribution is 2.57. The number of ether oxygens (including phenoxy) is 1. The summed E-state index contributed by atoms with van der Waals surface area (Å²) in [4.78, 5) is 56.6. The van der Waals surface area contributed by atoms with Crippen LogP contribution in [0.15, 0.2) is 39.9 Å². The first-order chi connectivity index (χ1) is 18.2. The number of amides is 1. The van der Waals surface area contributed by atoms with Gasteiger partial charge in [-0.25, -0.2) is 0 Å². The van der Waals surface area contributed by atoms with Gasteiger partial charge in [-0.15, -0.1) is 0 Å². The maximum absolute atomic E-state index is 13.9. The van der Waals surface area contributed by atoms with Crippen LogP contribution in [0.5, 0.6) is 5.75 Å². The Balaban J connectivity index is 2.12. The number of rotatable bonds is 5. The topological polar surface area (TPSA) is 238 Å². The molecular weight excluding hydrogens is 514 g/mol. The molecule has 0 fully saturated rings. The third-order valence-electron chi connectivity index (χ3n) is 7.80. The van der Waals surface area contributed by atoms with E-state index >= 15 is 0 Å². The molecule has 0 unspecified atom stereocenters. The van der Waals surface area contributed by atoms with Crippen molar-refractivity contribution in [3.05, 3.63) is 45.9 Å². The summed E-state index contributed by atoms with van der Waals surface area (Å²) < 4.78 is 5.75. The minimum atomic E-state index is -3.02. The number of primary amides is 1. The molecule has 14 nitrogen and oxygen atoms in total. The number of phenolic OH excluding ortho intramolecular Hbond substituents is 1. The van der Waals surface area contributed by atoms with E-state index in [4.69, 9.17) is 16.0 Å². The number of benzene rings is 1. The van der Waals surface area contributed by atoms with Crippen molar-refractivity contribution in [2.24, 2.45) is 22.7 Å². The molecule has 7 N–H and O–H groups in total. The second-order valence-corrected chi connectivity index (χ2v) is 9.97. The number of aliphatic hydroxyl groups is 3. The highest BCUT2D eigenvalue weighted by molar-refractivity contribution is 6.25. The molecule has 0 aliphatic heterocycles. The second-order valence-electron chi connectivity index (χ2n) is 9.97. The zero-order chi connectivity index (χ0) is 29.1. The standard InChI is InChI=1S/C25H27N5O9/c1-5-11(31)39-21-12-8(2)9-6-7-10(28-29-27)18(32)13(9)19(33)14(12)22(35)25(38)16(21)17(30(3)4)20(34)15(23(25)36)24(26)37/h6-8,12,16-17,21,27,38H,5H2,1-4H3,(H4,26,33,34,35,36,37)/p+1/t8-,12+,16+,17-,21-,25-/m0/s1. The molecule has 1 amide bonds. The number of esters is 1. The van der Waals surface area contributed by atoms with E-state index in [9.17, 15) is 39.6 Å². The summed E-state index contributed by atoms with van der Waals surface area (Å²) in [6.07, 6.45) is -1.58. The maximum atomic E-state index is 13.9. The Hall–Kier alpha value is -4.39. The highest BCUT2D eigenvalue weighted by Gasteiger charge is 2.68. The first-order valence-electron chi connectivity index (χ1n) is 12.0. The van der Waals surface area contributed by atoms with Crippen LogP contribution in [-0.2, 0) is 19.1 Å². The molecule has 1 aromatic carbocycles. The van der Waals surface area contributed by atoms with Crippen LogP contribution in [0.1, 0.15) is 42.1 Å². The lowest BCUT2D eigenvalue weighted by atomic mass is 9.55. The summed E-state index contributed by atoms with van der Waals surface area (Å²) in [5.41, 5.74) is 7.56. The Kier molecular flexibility index (Phi) is 6.67. The van der Waals surface area contributed by atoms with Crippen LogP contribution in [0.2, 0.25) is 0 Å². The molecule has 3 aliphatic carbocycles. The van der Waals surface area contributed by atoms with E-state index in [1.54, 1.807) is 6.92 Å². The fourth-order valence-electron chi connectivity index (χ4n) is 6.09. The monoisotopic (exact) mass is 542 g/mol. The largest absolute Gasteiger partial charge is 0.510 e. The lowest BCUT2D eigenvalue weighted by Crippen LogP contribution is -2.69. The van der Waals surface area contributed by atoms with Crippen LogP contribution >= 0.6 is 0 Å². The van der Waals surface area contributed by atoms with Crippen LogP contribution in [0.3, 0.4) is 0 Å². The summed E-state index contributed by atoms with van der Waals surface area (Å²) in [5.74, 6) is -10.6. The van der Waals surface area contributed by atoms with E-state index in [1.165, 1.54) is 38.1 Å². The number of likely N-dealkylation sites (N-methyl/N-ethyl adjacent to an activating group) is 1. The van der Waals surface area contributed by atoms with E-state index in [0.717, 1.165) is 0 Å². The molecule has 39 heavy (non-hydrogen) atoms. The van der Waals surface area contributed by atoms with E-state index in [-0.39, 0.29) is 23.2 Å². The predicted octanol–water partition coefficient (Wildman–Crippen LogP) is 0.795. The molecular formula is C25H28N5O9+. The van der Waals surface area contributed by atoms with Gasteiger partial charge in [0.05, 0.1) is 17.5 Å². The van der Waals surface area contributed by atoms with Crippen molar-refractivity contribution in [1.82, 2.24) is 9.81 Å². The Morgan fingerprint density at radius 2 is 1.87 bits per heavy atom. The number of phenols is 1. The van der Waals surface area contributed by atoms with Crippen molar-refractivity contribution in [2.75, 3.05) is 14.1 Å². The van der Waals surface area contributed by atoms with Gasteiger partial charge in [0.15, 0.2) is 27.9 Å².